The van der Waals surface area contributed by atoms with E-state index in [2.05, 4.69) is 27.8 Å². The Bertz CT molecular complexity index is 669. The Morgan fingerprint density at radius 2 is 2.23 bits per heavy atom. The average molecular weight is 356 g/mol. The van der Waals surface area contributed by atoms with Gasteiger partial charge in [0, 0.05) is 17.2 Å². The Kier molecular flexibility index (Phi) is 6.94. The van der Waals surface area contributed by atoms with Gasteiger partial charge in [-0.15, -0.1) is 0 Å². The van der Waals surface area contributed by atoms with Crippen LogP contribution in [0.15, 0.2) is 24.3 Å². The molecule has 0 saturated carbocycles. The molecule has 0 unspecified atom stereocenters. The van der Waals surface area contributed by atoms with E-state index in [0.29, 0.717) is 10.5 Å². The summed E-state index contributed by atoms with van der Waals surface area (Å²) in [6.45, 7) is 2.14. The lowest BCUT2D eigenvalue weighted by atomic mass is 10.3. The van der Waals surface area contributed by atoms with Crippen LogP contribution in [0.1, 0.15) is 6.92 Å². The number of anilines is 1. The Morgan fingerprint density at radius 1 is 1.41 bits per heavy atom. The van der Waals surface area contributed by atoms with Gasteiger partial charge in [0.2, 0.25) is 10.7 Å². The molecule has 1 amide bonds. The summed E-state index contributed by atoms with van der Waals surface area (Å²) in [6.07, 6.45) is 0. The highest BCUT2D eigenvalue weighted by molar-refractivity contribution is 8.03. The maximum absolute atomic E-state index is 11.9. The predicted molar refractivity (Wildman–Crippen MR) is 95.5 cm³/mol. The fourth-order valence-electron chi connectivity index (χ4n) is 1.71. The SMILES string of the molecule is CCSCCSCC(=O)Nc1cccc(-n2[nH]nnc2=S)c1. The molecule has 0 fully saturated rings. The molecule has 9 heteroatoms. The van der Waals surface area contributed by atoms with E-state index < -0.39 is 0 Å². The number of hydrogen-bond donors (Lipinski definition) is 2. The highest BCUT2D eigenvalue weighted by atomic mass is 32.2. The first-order chi connectivity index (χ1) is 10.7. The van der Waals surface area contributed by atoms with Crippen molar-refractivity contribution >= 4 is 47.3 Å². The van der Waals surface area contributed by atoms with Gasteiger partial charge < -0.3 is 5.32 Å². The number of benzene rings is 1. The molecule has 22 heavy (non-hydrogen) atoms. The molecule has 1 heterocycles. The van der Waals surface area contributed by atoms with E-state index in [9.17, 15) is 4.79 Å². The lowest BCUT2D eigenvalue weighted by molar-refractivity contribution is -0.113. The third-order valence-electron chi connectivity index (χ3n) is 2.67. The van der Waals surface area contributed by atoms with Crippen LogP contribution in [-0.4, -0.2) is 49.1 Å². The van der Waals surface area contributed by atoms with Gasteiger partial charge in [0.15, 0.2) is 0 Å². The number of tetrazole rings is 1. The summed E-state index contributed by atoms with van der Waals surface area (Å²) in [5, 5.41) is 12.9. The molecule has 1 aromatic heterocycles. The molecule has 0 bridgehead atoms. The number of H-pyrrole nitrogens is 1. The number of aromatic nitrogens is 4. The van der Waals surface area contributed by atoms with E-state index in [4.69, 9.17) is 12.2 Å². The molecule has 0 spiro atoms. The first-order valence-electron chi connectivity index (χ1n) is 6.76. The van der Waals surface area contributed by atoms with Crippen LogP contribution in [0.5, 0.6) is 0 Å². The van der Waals surface area contributed by atoms with E-state index in [0.717, 1.165) is 28.6 Å². The summed E-state index contributed by atoms with van der Waals surface area (Å²) in [7, 11) is 0. The number of hydrogen-bond acceptors (Lipinski definition) is 6. The van der Waals surface area contributed by atoms with Crippen molar-refractivity contribution in [2.45, 2.75) is 6.92 Å². The van der Waals surface area contributed by atoms with Crippen LogP contribution in [0, 0.1) is 4.77 Å². The topological polar surface area (TPSA) is 75.6 Å². The zero-order chi connectivity index (χ0) is 15.8. The van der Waals surface area contributed by atoms with Gasteiger partial charge in [0.1, 0.15) is 0 Å². The molecular formula is C13H17N5OS3. The molecule has 0 radical (unpaired) electrons. The highest BCUT2D eigenvalue weighted by Crippen LogP contribution is 2.14. The number of amides is 1. The Labute approximate surface area is 142 Å². The Morgan fingerprint density at radius 3 is 2.95 bits per heavy atom. The number of aromatic amines is 1. The summed E-state index contributed by atoms with van der Waals surface area (Å²) in [5.41, 5.74) is 1.50. The van der Waals surface area contributed by atoms with Gasteiger partial charge in [-0.3, -0.25) is 4.79 Å². The van der Waals surface area contributed by atoms with E-state index in [1.807, 2.05) is 36.0 Å². The van der Waals surface area contributed by atoms with Crippen LogP contribution >= 0.6 is 35.7 Å². The first-order valence-corrected chi connectivity index (χ1v) is 9.48. The largest absolute Gasteiger partial charge is 0.325 e. The summed E-state index contributed by atoms with van der Waals surface area (Å²) < 4.78 is 1.91. The molecule has 0 aliphatic heterocycles. The van der Waals surface area contributed by atoms with Crippen molar-refractivity contribution in [2.75, 3.05) is 28.3 Å². The molecule has 118 valence electrons. The molecule has 2 N–H and O–H groups in total. The third-order valence-corrected chi connectivity index (χ3v) is 5.05. The molecule has 2 rings (SSSR count). The fourth-order valence-corrected chi connectivity index (χ4v) is 3.53. The molecule has 2 aromatic rings. The first kappa shape index (κ1) is 17.0. The van der Waals surface area contributed by atoms with E-state index in [1.54, 1.807) is 16.4 Å². The highest BCUT2D eigenvalue weighted by Gasteiger charge is 2.05. The van der Waals surface area contributed by atoms with Crippen molar-refractivity contribution in [3.8, 4) is 5.69 Å². The second kappa shape index (κ2) is 8.96. The van der Waals surface area contributed by atoms with Crippen LogP contribution in [0.3, 0.4) is 0 Å². The van der Waals surface area contributed by atoms with Gasteiger partial charge in [-0.2, -0.15) is 28.7 Å². The van der Waals surface area contributed by atoms with Gasteiger partial charge >= 0.3 is 0 Å². The van der Waals surface area contributed by atoms with Crippen LogP contribution in [-0.2, 0) is 4.79 Å². The maximum atomic E-state index is 11.9. The van der Waals surface area contributed by atoms with Crippen molar-refractivity contribution in [1.82, 2.24) is 20.2 Å². The third kappa shape index (κ3) is 5.15. The Hall–Kier alpha value is -1.32. The van der Waals surface area contributed by atoms with Gasteiger partial charge in [-0.25, -0.2) is 4.68 Å². The molecule has 0 aliphatic carbocycles. The lowest BCUT2D eigenvalue weighted by Crippen LogP contribution is -2.14. The Balaban J connectivity index is 1.89. The van der Waals surface area contributed by atoms with E-state index in [1.165, 1.54) is 0 Å². The number of carbonyl (C=O) groups is 1. The molecule has 6 nitrogen and oxygen atoms in total. The smallest absolute Gasteiger partial charge is 0.242 e. The van der Waals surface area contributed by atoms with Crippen LogP contribution in [0.2, 0.25) is 0 Å². The van der Waals surface area contributed by atoms with Crippen LogP contribution in [0.4, 0.5) is 5.69 Å². The summed E-state index contributed by atoms with van der Waals surface area (Å²) in [5.74, 6) is 3.63. The molecule has 0 saturated heterocycles. The van der Waals surface area contributed by atoms with Crippen molar-refractivity contribution in [2.24, 2.45) is 0 Å². The maximum Gasteiger partial charge on any atom is 0.242 e. The molecule has 0 aliphatic rings. The van der Waals surface area contributed by atoms with Crippen LogP contribution in [0.25, 0.3) is 5.69 Å². The zero-order valence-corrected chi connectivity index (χ0v) is 14.6. The van der Waals surface area contributed by atoms with Gasteiger partial charge in [0.05, 0.1) is 11.4 Å². The van der Waals surface area contributed by atoms with Gasteiger partial charge in [0.25, 0.3) is 0 Å². The van der Waals surface area contributed by atoms with Crippen LogP contribution < -0.4 is 5.32 Å². The van der Waals surface area contributed by atoms with Gasteiger partial charge in [-0.1, -0.05) is 23.3 Å². The average Bonchev–Trinajstić information content (AvgIpc) is 2.93. The van der Waals surface area contributed by atoms with Crippen molar-refractivity contribution < 1.29 is 4.79 Å². The molecular weight excluding hydrogens is 338 g/mol. The van der Waals surface area contributed by atoms with Crippen molar-refractivity contribution in [1.29, 1.82) is 0 Å². The fraction of sp³-hybridized carbons (Fsp3) is 0.385. The normalized spacial score (nSPS) is 10.6. The zero-order valence-electron chi connectivity index (χ0n) is 12.1. The molecule has 1 aromatic carbocycles. The lowest BCUT2D eigenvalue weighted by Gasteiger charge is -2.07. The standard InChI is InChI=1S/C13H17N5OS3/c1-2-21-6-7-22-9-12(19)14-10-4-3-5-11(8-10)18-13(20)15-16-17-18/h3-5,8H,2,6-7,9H2,1H3,(H,14,19)(H,15,17,20). The number of thioether (sulfide) groups is 2. The monoisotopic (exact) mass is 355 g/mol. The minimum Gasteiger partial charge on any atom is -0.325 e. The number of nitrogens with one attached hydrogen (secondary N) is 2. The van der Waals surface area contributed by atoms with E-state index in [-0.39, 0.29) is 5.91 Å². The number of carbonyl (C=O) groups excluding carboxylic acids is 1. The quantitative estimate of drug-likeness (QED) is 0.560. The summed E-state index contributed by atoms with van der Waals surface area (Å²) in [4.78, 5) is 11.9. The second-order valence-corrected chi connectivity index (χ2v) is 7.13. The minimum atomic E-state index is -0.00465. The summed E-state index contributed by atoms with van der Waals surface area (Å²) >= 11 is 8.59. The van der Waals surface area contributed by atoms with E-state index >= 15 is 0 Å². The van der Waals surface area contributed by atoms with Crippen molar-refractivity contribution in [3.63, 3.8) is 0 Å². The number of nitrogens with zero attached hydrogens (tertiary/aromatic N) is 3. The number of rotatable bonds is 8. The minimum absolute atomic E-state index is 0.00465. The predicted octanol–water partition coefficient (Wildman–Crippen LogP) is 2.75. The molecule has 0 atom stereocenters. The van der Waals surface area contributed by atoms with Crippen molar-refractivity contribution in [3.05, 3.63) is 29.0 Å². The summed E-state index contributed by atoms with van der Waals surface area (Å²) in [6, 6.07) is 7.37. The second-order valence-electron chi connectivity index (χ2n) is 4.27. The van der Waals surface area contributed by atoms with Gasteiger partial charge in [-0.05, 0) is 36.2 Å².